The summed E-state index contributed by atoms with van der Waals surface area (Å²) in [5.74, 6) is -1.99. The van der Waals surface area contributed by atoms with Crippen molar-refractivity contribution in [1.29, 1.82) is 0 Å². The standard InChI is InChI=1S/C12H22N2O8/c1-5(17)13-8-6(18)2-12(4-16,11(21)22)14-9(8)10(20)7(19)3-15/h6-10,14-16,18-20H,2-4H2,1H3,(H,13,17)(H,21,22)/t6-,7-,8-,9-,10-,12-/m1/s1. The van der Waals surface area contributed by atoms with Gasteiger partial charge >= 0.3 is 5.97 Å². The molecule has 8 N–H and O–H groups in total. The van der Waals surface area contributed by atoms with Gasteiger partial charge in [-0.3, -0.25) is 14.9 Å². The molecule has 0 aromatic carbocycles. The molecule has 1 aliphatic rings. The van der Waals surface area contributed by atoms with Crippen LogP contribution in [0, 0.1) is 0 Å². The fourth-order valence-corrected chi connectivity index (χ4v) is 2.58. The number of aliphatic hydroxyl groups is 5. The van der Waals surface area contributed by atoms with Gasteiger partial charge in [-0.05, 0) is 0 Å². The molecule has 0 bridgehead atoms. The number of rotatable bonds is 6. The lowest BCUT2D eigenvalue weighted by molar-refractivity contribution is -0.155. The van der Waals surface area contributed by atoms with E-state index in [9.17, 15) is 35.1 Å². The third-order valence-electron chi connectivity index (χ3n) is 3.80. The molecule has 0 aliphatic carbocycles. The van der Waals surface area contributed by atoms with Crippen LogP contribution >= 0.6 is 0 Å². The largest absolute Gasteiger partial charge is 0.480 e. The molecule has 1 heterocycles. The van der Waals surface area contributed by atoms with Crippen LogP contribution in [0.15, 0.2) is 0 Å². The van der Waals surface area contributed by atoms with E-state index in [-0.39, 0.29) is 0 Å². The molecule has 0 unspecified atom stereocenters. The Labute approximate surface area is 126 Å². The molecule has 128 valence electrons. The number of amides is 1. The minimum atomic E-state index is -1.94. The topological polar surface area (TPSA) is 180 Å². The Morgan fingerprint density at radius 1 is 1.36 bits per heavy atom. The zero-order valence-electron chi connectivity index (χ0n) is 12.0. The maximum absolute atomic E-state index is 11.4. The number of piperidine rings is 1. The van der Waals surface area contributed by atoms with Gasteiger partial charge in [0, 0.05) is 13.3 Å². The highest BCUT2D eigenvalue weighted by Crippen LogP contribution is 2.26. The fraction of sp³-hybridized carbons (Fsp3) is 0.833. The maximum Gasteiger partial charge on any atom is 0.326 e. The lowest BCUT2D eigenvalue weighted by Gasteiger charge is -2.47. The number of carboxylic acid groups (broad SMARTS) is 1. The maximum atomic E-state index is 11.4. The highest BCUT2D eigenvalue weighted by molar-refractivity contribution is 5.79. The molecule has 1 aliphatic heterocycles. The van der Waals surface area contributed by atoms with Gasteiger partial charge in [-0.15, -0.1) is 0 Å². The summed E-state index contributed by atoms with van der Waals surface area (Å²) in [7, 11) is 0. The third-order valence-corrected chi connectivity index (χ3v) is 3.80. The third kappa shape index (κ3) is 3.72. The predicted molar refractivity (Wildman–Crippen MR) is 71.7 cm³/mol. The number of hydrogen-bond acceptors (Lipinski definition) is 8. The van der Waals surface area contributed by atoms with Crippen molar-refractivity contribution in [3.63, 3.8) is 0 Å². The van der Waals surface area contributed by atoms with Gasteiger partial charge in [-0.2, -0.15) is 0 Å². The van der Waals surface area contributed by atoms with E-state index in [4.69, 9.17) is 5.11 Å². The zero-order valence-corrected chi connectivity index (χ0v) is 12.0. The summed E-state index contributed by atoms with van der Waals surface area (Å²) >= 11 is 0. The molecule has 0 saturated carbocycles. The van der Waals surface area contributed by atoms with Gasteiger partial charge in [-0.25, -0.2) is 0 Å². The molecular formula is C12H22N2O8. The Balaban J connectivity index is 3.14. The van der Waals surface area contributed by atoms with Gasteiger partial charge in [0.05, 0.1) is 37.5 Å². The van der Waals surface area contributed by atoms with Gasteiger partial charge in [0.15, 0.2) is 0 Å². The Morgan fingerprint density at radius 3 is 2.36 bits per heavy atom. The van der Waals surface area contributed by atoms with Crippen molar-refractivity contribution in [2.24, 2.45) is 0 Å². The minimum Gasteiger partial charge on any atom is -0.480 e. The van der Waals surface area contributed by atoms with E-state index in [1.54, 1.807) is 0 Å². The van der Waals surface area contributed by atoms with Crippen LogP contribution in [-0.4, -0.2) is 91.7 Å². The first-order valence-electron chi connectivity index (χ1n) is 6.72. The van der Waals surface area contributed by atoms with E-state index in [1.807, 2.05) is 0 Å². The van der Waals surface area contributed by atoms with Crippen molar-refractivity contribution in [2.75, 3.05) is 13.2 Å². The smallest absolute Gasteiger partial charge is 0.326 e. The Bertz CT molecular complexity index is 420. The van der Waals surface area contributed by atoms with Crippen molar-refractivity contribution >= 4 is 11.9 Å². The van der Waals surface area contributed by atoms with Gasteiger partial charge in [0.1, 0.15) is 11.6 Å². The van der Waals surface area contributed by atoms with Gasteiger partial charge in [-0.1, -0.05) is 0 Å². The van der Waals surface area contributed by atoms with Crippen molar-refractivity contribution in [1.82, 2.24) is 10.6 Å². The van der Waals surface area contributed by atoms with Crippen LogP contribution in [-0.2, 0) is 9.59 Å². The Kier molecular flexibility index (Phi) is 6.23. The Hall–Kier alpha value is -1.30. The highest BCUT2D eigenvalue weighted by Gasteiger charge is 2.52. The molecule has 1 rings (SSSR count). The average Bonchev–Trinajstić information content (AvgIpc) is 2.46. The molecule has 0 radical (unpaired) electrons. The summed E-state index contributed by atoms with van der Waals surface area (Å²) in [4.78, 5) is 22.6. The molecule has 6 atom stereocenters. The lowest BCUT2D eigenvalue weighted by Crippen LogP contribution is -2.75. The summed E-state index contributed by atoms with van der Waals surface area (Å²) in [5.41, 5.74) is -1.94. The van der Waals surface area contributed by atoms with Gasteiger partial charge < -0.3 is 36.0 Å². The van der Waals surface area contributed by atoms with Crippen molar-refractivity contribution in [3.05, 3.63) is 0 Å². The van der Waals surface area contributed by atoms with E-state index >= 15 is 0 Å². The summed E-state index contributed by atoms with van der Waals surface area (Å²) in [6, 6.07) is -2.40. The number of nitrogens with one attached hydrogen (secondary N) is 2. The molecule has 0 spiro atoms. The zero-order chi connectivity index (χ0) is 17.1. The molecule has 1 saturated heterocycles. The molecule has 0 aromatic rings. The van der Waals surface area contributed by atoms with Crippen molar-refractivity contribution in [3.8, 4) is 0 Å². The monoisotopic (exact) mass is 322 g/mol. The van der Waals surface area contributed by atoms with Crippen LogP contribution in [0.1, 0.15) is 13.3 Å². The second kappa shape index (κ2) is 7.31. The molecule has 1 amide bonds. The number of carbonyl (C=O) groups excluding carboxylic acids is 1. The van der Waals surface area contributed by atoms with E-state index in [2.05, 4.69) is 10.6 Å². The normalized spacial score (nSPS) is 34.7. The lowest BCUT2D eigenvalue weighted by atomic mass is 9.79. The first-order valence-corrected chi connectivity index (χ1v) is 6.72. The van der Waals surface area contributed by atoms with Crippen LogP contribution in [0.3, 0.4) is 0 Å². The van der Waals surface area contributed by atoms with Crippen LogP contribution in [0.2, 0.25) is 0 Å². The van der Waals surface area contributed by atoms with E-state index in [1.165, 1.54) is 6.92 Å². The summed E-state index contributed by atoms with van der Waals surface area (Å²) in [5, 5.41) is 62.1. The first-order chi connectivity index (χ1) is 10.2. The summed E-state index contributed by atoms with van der Waals surface area (Å²) < 4.78 is 0. The minimum absolute atomic E-state index is 0.414. The number of aliphatic hydroxyl groups excluding tert-OH is 5. The Morgan fingerprint density at radius 2 is 1.95 bits per heavy atom. The molecule has 1 fully saturated rings. The summed E-state index contributed by atoms with van der Waals surface area (Å²) in [6.07, 6.45) is -5.10. The molecule has 0 aromatic heterocycles. The van der Waals surface area contributed by atoms with E-state index in [0.717, 1.165) is 0 Å². The number of carboxylic acids is 1. The molecule has 22 heavy (non-hydrogen) atoms. The highest BCUT2D eigenvalue weighted by atomic mass is 16.4. The second-order valence-corrected chi connectivity index (χ2v) is 5.45. The van der Waals surface area contributed by atoms with Crippen molar-refractivity contribution in [2.45, 2.75) is 49.3 Å². The predicted octanol–water partition coefficient (Wildman–Crippen LogP) is -4.26. The van der Waals surface area contributed by atoms with Gasteiger partial charge in [0.25, 0.3) is 0 Å². The number of carbonyl (C=O) groups is 2. The fourth-order valence-electron chi connectivity index (χ4n) is 2.58. The van der Waals surface area contributed by atoms with E-state index < -0.39 is 67.4 Å². The molecule has 10 heteroatoms. The van der Waals surface area contributed by atoms with Gasteiger partial charge in [0.2, 0.25) is 5.91 Å². The number of hydrogen-bond donors (Lipinski definition) is 8. The van der Waals surface area contributed by atoms with Crippen LogP contribution < -0.4 is 10.6 Å². The summed E-state index contributed by atoms with van der Waals surface area (Å²) in [6.45, 7) is -0.504. The van der Waals surface area contributed by atoms with Crippen LogP contribution in [0.25, 0.3) is 0 Å². The van der Waals surface area contributed by atoms with Crippen LogP contribution in [0.5, 0.6) is 0 Å². The SMILES string of the molecule is CC(=O)N[C@H]1[C@H]([C@H](O)[C@H](O)CO)N[C@](CO)(C(=O)O)C[C@H]1O. The van der Waals surface area contributed by atoms with E-state index in [0.29, 0.717) is 0 Å². The quantitative estimate of drug-likeness (QED) is 0.240. The van der Waals surface area contributed by atoms with Crippen molar-refractivity contribution < 1.29 is 40.2 Å². The first kappa shape index (κ1) is 18.7. The molecular weight excluding hydrogens is 300 g/mol. The molecule has 10 nitrogen and oxygen atoms in total. The average molecular weight is 322 g/mol. The second-order valence-electron chi connectivity index (χ2n) is 5.45. The van der Waals surface area contributed by atoms with Crippen LogP contribution in [0.4, 0.5) is 0 Å². The number of aliphatic carboxylic acids is 1.